The molecule has 4 heteroatoms. The van der Waals surface area contributed by atoms with Crippen LogP contribution in [-0.2, 0) is 6.42 Å². The third-order valence-corrected chi connectivity index (χ3v) is 4.59. The van der Waals surface area contributed by atoms with Crippen LogP contribution in [0.15, 0.2) is 35.7 Å². The number of carbonyl (C=O) groups excluding carboxylic acids is 1. The van der Waals surface area contributed by atoms with Gasteiger partial charge in [0.2, 0.25) is 0 Å². The van der Waals surface area contributed by atoms with Gasteiger partial charge in [0.25, 0.3) is 0 Å². The van der Waals surface area contributed by atoms with Crippen LogP contribution in [0.4, 0.5) is 5.69 Å². The van der Waals surface area contributed by atoms with Crippen LogP contribution >= 0.6 is 11.3 Å². The lowest BCUT2D eigenvalue weighted by Gasteiger charge is -2.29. The molecule has 0 radical (unpaired) electrons. The van der Waals surface area contributed by atoms with Crippen LogP contribution in [0.5, 0.6) is 5.75 Å². The highest BCUT2D eigenvalue weighted by atomic mass is 32.1. The number of nitrogens with zero attached hydrogens (tertiary/aromatic N) is 1. The Morgan fingerprint density at radius 2 is 2.10 bits per heavy atom. The molecule has 21 heavy (non-hydrogen) atoms. The third kappa shape index (κ3) is 3.45. The molecule has 0 spiro atoms. The van der Waals surface area contributed by atoms with Crippen LogP contribution in [0.1, 0.15) is 29.1 Å². The molecule has 0 aliphatic heterocycles. The highest BCUT2D eigenvalue weighted by molar-refractivity contribution is 7.09. The summed E-state index contributed by atoms with van der Waals surface area (Å²) in [7, 11) is 3.63. The van der Waals surface area contributed by atoms with E-state index in [0.717, 1.165) is 12.1 Å². The summed E-state index contributed by atoms with van der Waals surface area (Å²) in [6.45, 7) is 3.75. The molecule has 0 aliphatic carbocycles. The molecule has 0 fully saturated rings. The van der Waals surface area contributed by atoms with Gasteiger partial charge in [0.05, 0.1) is 18.4 Å². The maximum absolute atomic E-state index is 12.0. The molecule has 0 saturated carbocycles. The van der Waals surface area contributed by atoms with Gasteiger partial charge in [0, 0.05) is 24.4 Å². The number of ketones is 1. The number of carbonyl (C=O) groups is 1. The lowest BCUT2D eigenvalue weighted by atomic mass is 10.0. The number of rotatable bonds is 6. The van der Waals surface area contributed by atoms with E-state index in [4.69, 9.17) is 4.74 Å². The molecule has 0 amide bonds. The molecule has 0 bridgehead atoms. The van der Waals surface area contributed by atoms with Gasteiger partial charge >= 0.3 is 0 Å². The van der Waals surface area contributed by atoms with E-state index < -0.39 is 0 Å². The minimum atomic E-state index is 0.0256. The van der Waals surface area contributed by atoms with Gasteiger partial charge < -0.3 is 9.64 Å². The highest BCUT2D eigenvalue weighted by Crippen LogP contribution is 2.31. The maximum Gasteiger partial charge on any atom is 0.165 e. The number of benzene rings is 1. The van der Waals surface area contributed by atoms with Crippen LogP contribution in [0, 0.1) is 0 Å². The van der Waals surface area contributed by atoms with Gasteiger partial charge in [-0.2, -0.15) is 0 Å². The molecule has 1 aromatic heterocycles. The number of methoxy groups -OCH3 is 1. The minimum Gasteiger partial charge on any atom is -0.496 e. The summed E-state index contributed by atoms with van der Waals surface area (Å²) in [6, 6.07) is 10.2. The van der Waals surface area contributed by atoms with Gasteiger partial charge in [-0.1, -0.05) is 12.1 Å². The van der Waals surface area contributed by atoms with Gasteiger partial charge in [-0.25, -0.2) is 0 Å². The van der Waals surface area contributed by atoms with Crippen LogP contribution in [0.25, 0.3) is 0 Å². The van der Waals surface area contributed by atoms with Crippen molar-refractivity contribution >= 4 is 22.8 Å². The van der Waals surface area contributed by atoms with Crippen molar-refractivity contribution in [2.45, 2.75) is 26.3 Å². The fourth-order valence-corrected chi connectivity index (χ4v) is 3.26. The predicted octanol–water partition coefficient (Wildman–Crippen LogP) is 4.03. The SMILES string of the molecule is COc1cccc(N(C)C(C)Cc2cccs2)c1C(C)=O. The molecule has 0 N–H and O–H groups in total. The molecule has 112 valence electrons. The number of thiophene rings is 1. The van der Waals surface area contributed by atoms with E-state index in [1.165, 1.54) is 4.88 Å². The van der Waals surface area contributed by atoms with E-state index in [1.54, 1.807) is 25.4 Å². The molecule has 2 rings (SSSR count). The van der Waals surface area contributed by atoms with Crippen LogP contribution in [0.3, 0.4) is 0 Å². The van der Waals surface area contributed by atoms with Crippen molar-refractivity contribution in [1.29, 1.82) is 0 Å². The van der Waals surface area contributed by atoms with Gasteiger partial charge in [-0.3, -0.25) is 4.79 Å². The molecule has 0 saturated heterocycles. The largest absolute Gasteiger partial charge is 0.496 e. The Bertz CT molecular complexity index is 607. The second kappa shape index (κ2) is 6.76. The molecule has 1 heterocycles. The summed E-state index contributed by atoms with van der Waals surface area (Å²) >= 11 is 1.76. The first-order chi connectivity index (χ1) is 10.0. The number of likely N-dealkylation sites (N-methyl/N-ethyl adjacent to an activating group) is 1. The molecular weight excluding hydrogens is 282 g/mol. The molecular formula is C17H21NO2S. The van der Waals surface area contributed by atoms with Crippen LogP contribution < -0.4 is 9.64 Å². The van der Waals surface area contributed by atoms with Gasteiger partial charge in [-0.15, -0.1) is 11.3 Å². The van der Waals surface area contributed by atoms with Crippen molar-refractivity contribution in [3.8, 4) is 5.75 Å². The van der Waals surface area contributed by atoms with Crippen LogP contribution in [-0.4, -0.2) is 26.0 Å². The first-order valence-electron chi connectivity index (χ1n) is 6.97. The fraction of sp³-hybridized carbons (Fsp3) is 0.353. The van der Waals surface area contributed by atoms with Gasteiger partial charge in [0.1, 0.15) is 5.75 Å². The van der Waals surface area contributed by atoms with Crippen molar-refractivity contribution in [2.75, 3.05) is 19.1 Å². The number of hydrogen-bond acceptors (Lipinski definition) is 4. The smallest absolute Gasteiger partial charge is 0.165 e. The van der Waals surface area contributed by atoms with Crippen molar-refractivity contribution in [3.05, 3.63) is 46.2 Å². The number of Topliss-reactive ketones (excluding diaryl/α,β-unsaturated/α-hetero) is 1. The summed E-state index contributed by atoms with van der Waals surface area (Å²) in [4.78, 5) is 15.5. The zero-order chi connectivity index (χ0) is 15.4. The first kappa shape index (κ1) is 15.6. The average Bonchev–Trinajstić information content (AvgIpc) is 2.98. The van der Waals surface area contributed by atoms with E-state index >= 15 is 0 Å². The standard InChI is InChI=1S/C17H21NO2S/c1-12(11-14-7-6-10-21-14)18(3)15-8-5-9-16(20-4)17(15)13(2)19/h5-10,12H,11H2,1-4H3. The lowest BCUT2D eigenvalue weighted by Crippen LogP contribution is -2.31. The number of hydrogen-bond donors (Lipinski definition) is 0. The van der Waals surface area contributed by atoms with E-state index in [-0.39, 0.29) is 5.78 Å². The van der Waals surface area contributed by atoms with E-state index in [2.05, 4.69) is 29.3 Å². The van der Waals surface area contributed by atoms with Crippen molar-refractivity contribution in [1.82, 2.24) is 0 Å². The maximum atomic E-state index is 12.0. The lowest BCUT2D eigenvalue weighted by molar-refractivity contribution is 0.101. The zero-order valence-corrected chi connectivity index (χ0v) is 13.7. The summed E-state index contributed by atoms with van der Waals surface area (Å²) < 4.78 is 5.34. The molecule has 3 nitrogen and oxygen atoms in total. The Labute approximate surface area is 130 Å². The number of anilines is 1. The summed E-state index contributed by atoms with van der Waals surface area (Å²) in [5.41, 5.74) is 1.58. The Kier molecular flexibility index (Phi) is 5.02. The Hall–Kier alpha value is -1.81. The van der Waals surface area contributed by atoms with E-state index in [1.807, 2.05) is 25.2 Å². The molecule has 0 aliphatic rings. The second-order valence-electron chi connectivity index (χ2n) is 5.15. The zero-order valence-electron chi connectivity index (χ0n) is 12.9. The van der Waals surface area contributed by atoms with E-state index in [9.17, 15) is 4.79 Å². The van der Waals surface area contributed by atoms with Gasteiger partial charge in [0.15, 0.2) is 5.78 Å². The number of ether oxygens (including phenoxy) is 1. The van der Waals surface area contributed by atoms with E-state index in [0.29, 0.717) is 17.4 Å². The third-order valence-electron chi connectivity index (χ3n) is 3.69. The summed E-state index contributed by atoms with van der Waals surface area (Å²) in [5.74, 6) is 0.660. The topological polar surface area (TPSA) is 29.5 Å². The average molecular weight is 303 g/mol. The molecule has 2 aromatic rings. The second-order valence-corrected chi connectivity index (χ2v) is 6.19. The van der Waals surface area contributed by atoms with Crippen molar-refractivity contribution < 1.29 is 9.53 Å². The Balaban J connectivity index is 2.29. The van der Waals surface area contributed by atoms with Gasteiger partial charge in [-0.05, 0) is 37.4 Å². The van der Waals surface area contributed by atoms with Crippen molar-refractivity contribution in [3.63, 3.8) is 0 Å². The fourth-order valence-electron chi connectivity index (χ4n) is 2.43. The molecule has 1 unspecified atom stereocenters. The summed E-state index contributed by atoms with van der Waals surface area (Å²) in [5, 5.41) is 2.09. The quantitative estimate of drug-likeness (QED) is 0.755. The minimum absolute atomic E-state index is 0.0256. The Morgan fingerprint density at radius 1 is 1.33 bits per heavy atom. The monoisotopic (exact) mass is 303 g/mol. The molecule has 1 atom stereocenters. The molecule has 1 aromatic carbocycles. The normalized spacial score (nSPS) is 12.0. The Morgan fingerprint density at radius 3 is 2.67 bits per heavy atom. The highest BCUT2D eigenvalue weighted by Gasteiger charge is 2.19. The summed E-state index contributed by atoms with van der Waals surface area (Å²) in [6.07, 6.45) is 0.961. The van der Waals surface area contributed by atoms with Crippen LogP contribution in [0.2, 0.25) is 0 Å². The first-order valence-corrected chi connectivity index (χ1v) is 7.85. The van der Waals surface area contributed by atoms with Crippen molar-refractivity contribution in [2.24, 2.45) is 0 Å². The predicted molar refractivity (Wildman–Crippen MR) is 88.9 cm³/mol.